The van der Waals surface area contributed by atoms with Gasteiger partial charge in [0.2, 0.25) is 0 Å². The molecule has 30 heavy (non-hydrogen) atoms. The van der Waals surface area contributed by atoms with E-state index >= 15 is 0 Å². The van der Waals surface area contributed by atoms with Crippen molar-refractivity contribution in [3.8, 4) is 0 Å². The number of benzene rings is 3. The van der Waals surface area contributed by atoms with Crippen molar-refractivity contribution < 1.29 is 13.6 Å². The summed E-state index contributed by atoms with van der Waals surface area (Å²) in [6.45, 7) is 0.375. The summed E-state index contributed by atoms with van der Waals surface area (Å²) >= 11 is 15.8. The van der Waals surface area contributed by atoms with Crippen molar-refractivity contribution in [1.82, 2.24) is 0 Å². The number of alkyl halides is 1. The molecule has 3 aromatic carbocycles. The van der Waals surface area contributed by atoms with Crippen molar-refractivity contribution in [2.45, 2.75) is 25.3 Å². The predicted octanol–water partition coefficient (Wildman–Crippen LogP) is 8.45. The highest BCUT2D eigenvalue weighted by Gasteiger charge is 2.37. The van der Waals surface area contributed by atoms with E-state index in [-0.39, 0.29) is 13.2 Å². The molecule has 0 amide bonds. The van der Waals surface area contributed by atoms with Crippen LogP contribution >= 0.6 is 46.7 Å². The Morgan fingerprint density at radius 3 is 1.80 bits per heavy atom. The van der Waals surface area contributed by atoms with E-state index in [9.17, 15) is 4.57 Å². The monoisotopic (exact) mass is 526 g/mol. The molecule has 1 atom stereocenters. The maximum atomic E-state index is 14.1. The van der Waals surface area contributed by atoms with Gasteiger partial charge in [-0.05, 0) is 35.2 Å². The van der Waals surface area contributed by atoms with Crippen LogP contribution in [0.1, 0.15) is 28.8 Å². The second-order valence-corrected chi connectivity index (χ2v) is 10.6. The first kappa shape index (κ1) is 23.5. The van der Waals surface area contributed by atoms with Crippen LogP contribution in [-0.2, 0) is 26.8 Å². The third-order valence-corrected chi connectivity index (χ3v) is 8.10. The maximum Gasteiger partial charge on any atom is 0.338 e. The van der Waals surface area contributed by atoms with Crippen molar-refractivity contribution in [2.24, 2.45) is 0 Å². The topological polar surface area (TPSA) is 35.5 Å². The van der Waals surface area contributed by atoms with Crippen LogP contribution in [-0.4, -0.2) is 5.33 Å². The summed E-state index contributed by atoms with van der Waals surface area (Å²) < 4.78 is 26.1. The molecule has 0 saturated carbocycles. The summed E-state index contributed by atoms with van der Waals surface area (Å²) in [6, 6.07) is 24.5. The van der Waals surface area contributed by atoms with Crippen molar-refractivity contribution >= 4 is 46.7 Å². The predicted molar refractivity (Wildman–Crippen MR) is 128 cm³/mol. The zero-order valence-corrected chi connectivity index (χ0v) is 20.2. The van der Waals surface area contributed by atoms with Crippen molar-refractivity contribution in [1.29, 1.82) is 0 Å². The van der Waals surface area contributed by atoms with Crippen LogP contribution in [0.4, 0.5) is 0 Å². The normalized spacial score (nSPS) is 12.6. The lowest BCUT2D eigenvalue weighted by atomic mass is 10.1. The largest absolute Gasteiger partial charge is 0.338 e. The molecule has 3 aromatic rings. The Balaban J connectivity index is 1.91. The van der Waals surface area contributed by atoms with Gasteiger partial charge in [0, 0.05) is 5.33 Å². The summed E-state index contributed by atoms with van der Waals surface area (Å²) in [4.78, 5) is 0. The molecule has 0 aliphatic heterocycles. The molecule has 0 unspecified atom stereocenters. The van der Waals surface area contributed by atoms with Gasteiger partial charge in [-0.25, -0.2) is 0 Å². The standard InChI is InChI=1S/C23H22BrCl2O3P/c24-14-13-23(20-11-12-21(25)22(26)15-20)30(27,28-16-18-7-3-1-4-8-18)29-17-19-9-5-2-6-10-19/h1-12,15,23H,13-14,16-17H2/t23-/m1/s1. The average Bonchev–Trinajstić information content (AvgIpc) is 2.78. The van der Waals surface area contributed by atoms with Gasteiger partial charge in [-0.2, -0.15) is 0 Å². The van der Waals surface area contributed by atoms with Crippen molar-refractivity contribution in [3.05, 3.63) is 106 Å². The minimum absolute atomic E-state index is 0.188. The van der Waals surface area contributed by atoms with Crippen LogP contribution in [0.2, 0.25) is 10.0 Å². The smallest absolute Gasteiger partial charge is 0.303 e. The van der Waals surface area contributed by atoms with E-state index in [4.69, 9.17) is 32.2 Å². The van der Waals surface area contributed by atoms with E-state index in [1.165, 1.54) is 0 Å². The number of hydrogen-bond acceptors (Lipinski definition) is 3. The van der Waals surface area contributed by atoms with E-state index in [0.29, 0.717) is 21.8 Å². The Kier molecular flexibility index (Phi) is 9.00. The fourth-order valence-electron chi connectivity index (χ4n) is 3.03. The molecule has 0 spiro atoms. The van der Waals surface area contributed by atoms with E-state index < -0.39 is 13.3 Å². The molecule has 0 aliphatic carbocycles. The van der Waals surface area contributed by atoms with Crippen LogP contribution in [0.5, 0.6) is 0 Å². The third-order valence-electron chi connectivity index (χ3n) is 4.60. The first-order valence-corrected chi connectivity index (χ1v) is 13.0. The summed E-state index contributed by atoms with van der Waals surface area (Å²) in [5.41, 5.74) is 2.13. The average molecular weight is 528 g/mol. The lowest BCUT2D eigenvalue weighted by molar-refractivity contribution is 0.183. The molecular weight excluding hydrogens is 506 g/mol. The minimum atomic E-state index is -3.57. The molecule has 3 nitrogen and oxygen atoms in total. The molecule has 0 aliphatic rings. The summed E-state index contributed by atoms with van der Waals surface area (Å²) in [6.07, 6.45) is 0.554. The molecule has 0 N–H and O–H groups in total. The summed E-state index contributed by atoms with van der Waals surface area (Å²) in [5.74, 6) is 0. The number of hydrogen-bond donors (Lipinski definition) is 0. The van der Waals surface area contributed by atoms with Gasteiger partial charge in [0.25, 0.3) is 0 Å². The van der Waals surface area contributed by atoms with E-state index in [0.717, 1.165) is 16.7 Å². The van der Waals surface area contributed by atoms with Crippen LogP contribution in [0, 0.1) is 0 Å². The first-order valence-electron chi connectivity index (χ1n) is 9.49. The van der Waals surface area contributed by atoms with Crippen LogP contribution in [0.25, 0.3) is 0 Å². The lowest BCUT2D eigenvalue weighted by Crippen LogP contribution is -2.08. The van der Waals surface area contributed by atoms with Crippen LogP contribution < -0.4 is 0 Å². The van der Waals surface area contributed by atoms with Crippen LogP contribution in [0.3, 0.4) is 0 Å². The van der Waals surface area contributed by atoms with Crippen LogP contribution in [0.15, 0.2) is 78.9 Å². The summed E-state index contributed by atoms with van der Waals surface area (Å²) in [7, 11) is -3.57. The van der Waals surface area contributed by atoms with Gasteiger partial charge in [-0.3, -0.25) is 4.57 Å². The van der Waals surface area contributed by atoms with Crippen molar-refractivity contribution in [2.75, 3.05) is 5.33 Å². The molecule has 0 heterocycles. The Bertz CT molecular complexity index is 939. The zero-order valence-electron chi connectivity index (χ0n) is 16.2. The molecule has 0 saturated heterocycles. The van der Waals surface area contributed by atoms with Gasteiger partial charge in [0.05, 0.1) is 28.9 Å². The highest BCUT2D eigenvalue weighted by atomic mass is 79.9. The second-order valence-electron chi connectivity index (χ2n) is 6.72. The first-order chi connectivity index (χ1) is 14.5. The Morgan fingerprint density at radius 1 is 0.800 bits per heavy atom. The fourth-order valence-corrected chi connectivity index (χ4v) is 6.21. The van der Waals surface area contributed by atoms with Crippen molar-refractivity contribution in [3.63, 3.8) is 0 Å². The molecule has 0 aromatic heterocycles. The fraction of sp³-hybridized carbons (Fsp3) is 0.217. The molecule has 158 valence electrons. The third kappa shape index (κ3) is 6.43. The van der Waals surface area contributed by atoms with Gasteiger partial charge in [-0.15, -0.1) is 0 Å². The molecule has 0 radical (unpaired) electrons. The number of rotatable bonds is 10. The quantitative estimate of drug-likeness (QED) is 0.196. The van der Waals surface area contributed by atoms with E-state index in [2.05, 4.69) is 15.9 Å². The molecule has 0 bridgehead atoms. The lowest BCUT2D eigenvalue weighted by Gasteiger charge is -2.27. The van der Waals surface area contributed by atoms with Gasteiger partial charge in [0.15, 0.2) is 0 Å². The highest BCUT2D eigenvalue weighted by molar-refractivity contribution is 9.09. The minimum Gasteiger partial charge on any atom is -0.303 e. The Hall–Kier alpha value is -1.13. The molecule has 7 heteroatoms. The zero-order chi connectivity index (χ0) is 21.4. The molecular formula is C23H22BrCl2O3P. The van der Waals surface area contributed by atoms with Gasteiger partial charge < -0.3 is 9.05 Å². The second kappa shape index (κ2) is 11.5. The molecule has 0 fully saturated rings. The Labute approximate surface area is 196 Å². The molecule has 3 rings (SSSR count). The SMILES string of the molecule is O=P(OCc1ccccc1)(OCc1ccccc1)[C@H](CCBr)c1ccc(Cl)c(Cl)c1. The maximum absolute atomic E-state index is 14.1. The highest BCUT2D eigenvalue weighted by Crippen LogP contribution is 2.63. The van der Waals surface area contributed by atoms with Gasteiger partial charge in [0.1, 0.15) is 0 Å². The van der Waals surface area contributed by atoms with E-state index in [1.807, 2.05) is 66.7 Å². The summed E-state index contributed by atoms with van der Waals surface area (Å²) in [5, 5.41) is 1.49. The van der Waals surface area contributed by atoms with Gasteiger partial charge in [-0.1, -0.05) is 106 Å². The van der Waals surface area contributed by atoms with Gasteiger partial charge >= 0.3 is 7.60 Å². The Morgan fingerprint density at radius 2 is 1.33 bits per heavy atom. The van der Waals surface area contributed by atoms with E-state index in [1.54, 1.807) is 12.1 Å². The number of halogens is 3.